The molecular formula is C16H18N4O. The second kappa shape index (κ2) is 4.70. The van der Waals surface area contributed by atoms with Crippen LogP contribution in [0.25, 0.3) is 11.3 Å². The van der Waals surface area contributed by atoms with Crippen molar-refractivity contribution < 1.29 is 5.11 Å². The lowest BCUT2D eigenvalue weighted by Crippen LogP contribution is -2.44. The summed E-state index contributed by atoms with van der Waals surface area (Å²) < 4.78 is 0. The molecule has 3 heterocycles. The fourth-order valence-electron chi connectivity index (χ4n) is 3.45. The SMILES string of the molecule is Oc1ccccc1-c1cc2c(nn1)NCC21CCCNC1. The Morgan fingerprint density at radius 1 is 1.14 bits per heavy atom. The maximum atomic E-state index is 10.0. The number of phenolic OH excluding ortho intramolecular Hbond substituents is 1. The molecule has 5 nitrogen and oxygen atoms in total. The van der Waals surface area contributed by atoms with E-state index in [0.29, 0.717) is 0 Å². The van der Waals surface area contributed by atoms with Gasteiger partial charge in [0.15, 0.2) is 5.82 Å². The van der Waals surface area contributed by atoms with Gasteiger partial charge >= 0.3 is 0 Å². The lowest BCUT2D eigenvalue weighted by Gasteiger charge is -2.33. The van der Waals surface area contributed by atoms with Crippen molar-refractivity contribution in [2.24, 2.45) is 0 Å². The first kappa shape index (κ1) is 12.6. The molecule has 1 aromatic carbocycles. The second-order valence-electron chi connectivity index (χ2n) is 5.92. The van der Waals surface area contributed by atoms with Gasteiger partial charge in [-0.25, -0.2) is 0 Å². The Kier molecular flexibility index (Phi) is 2.82. The van der Waals surface area contributed by atoms with E-state index in [1.807, 2.05) is 18.2 Å². The highest BCUT2D eigenvalue weighted by Crippen LogP contribution is 2.41. The predicted octanol–water partition coefficient (Wildman–Crippen LogP) is 1.90. The van der Waals surface area contributed by atoms with Gasteiger partial charge in [-0.3, -0.25) is 0 Å². The van der Waals surface area contributed by atoms with Crippen LogP contribution in [0.15, 0.2) is 30.3 Å². The average Bonchev–Trinajstić information content (AvgIpc) is 2.87. The standard InChI is InChI=1S/C16H18N4O/c21-14-5-2-1-4-11(14)13-8-12-15(20-19-13)18-10-16(12)6-3-7-17-9-16/h1-2,4-5,8,17,21H,3,6-7,9-10H2,(H,18,20). The fourth-order valence-corrected chi connectivity index (χ4v) is 3.45. The van der Waals surface area contributed by atoms with Crippen LogP contribution < -0.4 is 10.6 Å². The molecule has 1 fully saturated rings. The summed E-state index contributed by atoms with van der Waals surface area (Å²) in [7, 11) is 0. The third-order valence-electron chi connectivity index (χ3n) is 4.61. The summed E-state index contributed by atoms with van der Waals surface area (Å²) in [5.74, 6) is 1.13. The third kappa shape index (κ3) is 1.96. The average molecular weight is 282 g/mol. The minimum absolute atomic E-state index is 0.114. The number of benzene rings is 1. The van der Waals surface area contributed by atoms with Gasteiger partial charge < -0.3 is 15.7 Å². The van der Waals surface area contributed by atoms with E-state index in [0.717, 1.165) is 43.1 Å². The Balaban J connectivity index is 1.81. The summed E-state index contributed by atoms with van der Waals surface area (Å²) in [5.41, 5.74) is 2.81. The van der Waals surface area contributed by atoms with Crippen LogP contribution in [0.1, 0.15) is 18.4 Å². The topological polar surface area (TPSA) is 70.1 Å². The zero-order valence-corrected chi connectivity index (χ0v) is 11.8. The first-order chi connectivity index (χ1) is 10.3. The molecule has 21 heavy (non-hydrogen) atoms. The maximum Gasteiger partial charge on any atom is 0.152 e. The van der Waals surface area contributed by atoms with Gasteiger partial charge in [0.1, 0.15) is 5.75 Å². The number of nitrogens with one attached hydrogen (secondary N) is 2. The number of phenols is 1. The lowest BCUT2D eigenvalue weighted by atomic mass is 9.76. The summed E-state index contributed by atoms with van der Waals surface area (Å²) in [6.07, 6.45) is 2.33. The molecule has 0 amide bonds. The van der Waals surface area contributed by atoms with Crippen LogP contribution in [0.5, 0.6) is 5.75 Å². The molecule has 0 aliphatic carbocycles. The molecule has 1 aromatic heterocycles. The van der Waals surface area contributed by atoms with Crippen LogP contribution in [0.2, 0.25) is 0 Å². The number of anilines is 1. The summed E-state index contributed by atoms with van der Waals surface area (Å²) >= 11 is 0. The summed E-state index contributed by atoms with van der Waals surface area (Å²) in [4.78, 5) is 0. The van der Waals surface area contributed by atoms with Crippen molar-refractivity contribution in [2.75, 3.05) is 25.0 Å². The zero-order chi connectivity index (χ0) is 14.3. The molecule has 4 rings (SSSR count). The maximum absolute atomic E-state index is 10.0. The van der Waals surface area contributed by atoms with Crippen molar-refractivity contribution >= 4 is 5.82 Å². The van der Waals surface area contributed by atoms with Crippen molar-refractivity contribution in [2.45, 2.75) is 18.3 Å². The van der Waals surface area contributed by atoms with Crippen LogP contribution in [-0.2, 0) is 5.41 Å². The highest BCUT2D eigenvalue weighted by atomic mass is 16.3. The van der Waals surface area contributed by atoms with E-state index >= 15 is 0 Å². The monoisotopic (exact) mass is 282 g/mol. The van der Waals surface area contributed by atoms with Gasteiger partial charge in [-0.2, -0.15) is 0 Å². The lowest BCUT2D eigenvalue weighted by molar-refractivity contribution is 0.339. The van der Waals surface area contributed by atoms with E-state index in [-0.39, 0.29) is 11.2 Å². The van der Waals surface area contributed by atoms with Crippen molar-refractivity contribution in [3.05, 3.63) is 35.9 Å². The van der Waals surface area contributed by atoms with Crippen LogP contribution in [0.3, 0.4) is 0 Å². The molecule has 2 aliphatic heterocycles. The van der Waals surface area contributed by atoms with Gasteiger partial charge in [-0.15, -0.1) is 10.2 Å². The number of para-hydroxylation sites is 1. The number of fused-ring (bicyclic) bond motifs is 2. The Morgan fingerprint density at radius 3 is 2.86 bits per heavy atom. The summed E-state index contributed by atoms with van der Waals surface area (Å²) in [5, 5.41) is 25.5. The van der Waals surface area contributed by atoms with E-state index < -0.39 is 0 Å². The van der Waals surface area contributed by atoms with Crippen molar-refractivity contribution in [1.82, 2.24) is 15.5 Å². The summed E-state index contributed by atoms with van der Waals surface area (Å²) in [6.45, 7) is 2.97. The highest BCUT2D eigenvalue weighted by Gasteiger charge is 2.41. The first-order valence-corrected chi connectivity index (χ1v) is 7.40. The van der Waals surface area contributed by atoms with Crippen LogP contribution in [0, 0.1) is 0 Å². The Hall–Kier alpha value is -2.14. The van der Waals surface area contributed by atoms with Gasteiger partial charge in [0, 0.05) is 29.6 Å². The molecule has 3 N–H and O–H groups in total. The zero-order valence-electron chi connectivity index (χ0n) is 11.8. The molecule has 0 radical (unpaired) electrons. The Morgan fingerprint density at radius 2 is 2.05 bits per heavy atom. The number of rotatable bonds is 1. The molecule has 108 valence electrons. The minimum Gasteiger partial charge on any atom is -0.507 e. The molecule has 0 saturated carbocycles. The number of hydrogen-bond acceptors (Lipinski definition) is 5. The minimum atomic E-state index is 0.114. The van der Waals surface area contributed by atoms with Gasteiger partial charge in [0.25, 0.3) is 0 Å². The van der Waals surface area contributed by atoms with Crippen molar-refractivity contribution in [3.8, 4) is 17.0 Å². The van der Waals surface area contributed by atoms with Gasteiger partial charge in [0.2, 0.25) is 0 Å². The normalized spacial score (nSPS) is 23.8. The van der Waals surface area contributed by atoms with E-state index in [9.17, 15) is 5.11 Å². The molecule has 1 saturated heterocycles. The number of hydrogen-bond donors (Lipinski definition) is 3. The highest BCUT2D eigenvalue weighted by molar-refractivity contribution is 5.69. The van der Waals surface area contributed by atoms with Crippen molar-refractivity contribution in [3.63, 3.8) is 0 Å². The van der Waals surface area contributed by atoms with Gasteiger partial charge in [-0.05, 0) is 37.6 Å². The third-order valence-corrected chi connectivity index (χ3v) is 4.61. The van der Waals surface area contributed by atoms with Crippen LogP contribution >= 0.6 is 0 Å². The Bertz CT molecular complexity index is 674. The molecule has 1 atom stereocenters. The molecule has 1 unspecified atom stereocenters. The van der Waals surface area contributed by atoms with E-state index in [2.05, 4.69) is 26.9 Å². The molecule has 5 heteroatoms. The molecule has 2 aliphatic rings. The van der Waals surface area contributed by atoms with Crippen LogP contribution in [0.4, 0.5) is 5.82 Å². The molecule has 1 spiro atoms. The number of aromatic hydroxyl groups is 1. The number of piperidine rings is 1. The fraction of sp³-hybridized carbons (Fsp3) is 0.375. The van der Waals surface area contributed by atoms with Crippen LogP contribution in [-0.4, -0.2) is 34.9 Å². The quantitative estimate of drug-likeness (QED) is 0.745. The van der Waals surface area contributed by atoms with Gasteiger partial charge in [0.05, 0.1) is 5.69 Å². The van der Waals surface area contributed by atoms with Gasteiger partial charge in [-0.1, -0.05) is 12.1 Å². The number of aromatic nitrogens is 2. The van der Waals surface area contributed by atoms with Crippen molar-refractivity contribution in [1.29, 1.82) is 0 Å². The smallest absolute Gasteiger partial charge is 0.152 e. The summed E-state index contributed by atoms with van der Waals surface area (Å²) in [6, 6.07) is 9.36. The molecule has 2 aromatic rings. The second-order valence-corrected chi connectivity index (χ2v) is 5.92. The van der Waals surface area contributed by atoms with E-state index in [1.165, 1.54) is 12.0 Å². The van der Waals surface area contributed by atoms with E-state index in [4.69, 9.17) is 0 Å². The molecular weight excluding hydrogens is 264 g/mol. The first-order valence-electron chi connectivity index (χ1n) is 7.40. The largest absolute Gasteiger partial charge is 0.507 e. The Labute approximate surface area is 123 Å². The predicted molar refractivity (Wildman–Crippen MR) is 81.4 cm³/mol. The number of nitrogens with zero attached hydrogens (tertiary/aromatic N) is 2. The molecule has 0 bridgehead atoms. The van der Waals surface area contributed by atoms with E-state index in [1.54, 1.807) is 6.07 Å².